The zero-order valence-corrected chi connectivity index (χ0v) is 11.9. The number of para-hydroxylation sites is 1. The van der Waals surface area contributed by atoms with Gasteiger partial charge in [0.1, 0.15) is 5.82 Å². The molecule has 5 nitrogen and oxygen atoms in total. The molecule has 5 heteroatoms. The molecular formula is C16H20N4O. The minimum atomic E-state index is -0.422. The lowest BCUT2D eigenvalue weighted by molar-refractivity contribution is 0.100. The number of hydrogen-bond acceptors (Lipinski definition) is 4. The van der Waals surface area contributed by atoms with Crippen molar-refractivity contribution in [2.24, 2.45) is 5.73 Å². The number of nitrogens with one attached hydrogen (secondary N) is 2. The normalized spacial score (nSPS) is 18.0. The van der Waals surface area contributed by atoms with Gasteiger partial charge < -0.3 is 16.4 Å². The van der Waals surface area contributed by atoms with Crippen LogP contribution in [0.4, 0.5) is 5.82 Å². The Labute approximate surface area is 123 Å². The van der Waals surface area contributed by atoms with Crippen LogP contribution in [-0.4, -0.2) is 30.0 Å². The molecule has 0 unspecified atom stereocenters. The maximum Gasteiger partial charge on any atom is 0.249 e. The summed E-state index contributed by atoms with van der Waals surface area (Å²) in [6.45, 7) is 1.95. The predicted molar refractivity (Wildman–Crippen MR) is 84.4 cm³/mol. The van der Waals surface area contributed by atoms with Gasteiger partial charge >= 0.3 is 0 Å². The molecule has 1 aromatic heterocycles. The smallest absolute Gasteiger partial charge is 0.249 e. The number of amides is 1. The van der Waals surface area contributed by atoms with Crippen LogP contribution in [0.3, 0.4) is 0 Å². The van der Waals surface area contributed by atoms with E-state index in [2.05, 4.69) is 15.6 Å². The molecule has 21 heavy (non-hydrogen) atoms. The molecule has 2 heterocycles. The van der Waals surface area contributed by atoms with Gasteiger partial charge in [0.15, 0.2) is 0 Å². The van der Waals surface area contributed by atoms with Gasteiger partial charge in [-0.3, -0.25) is 4.79 Å². The number of hydrogen-bond donors (Lipinski definition) is 3. The highest BCUT2D eigenvalue weighted by Gasteiger charge is 2.14. The summed E-state index contributed by atoms with van der Waals surface area (Å²) in [5.41, 5.74) is 6.78. The first kappa shape index (κ1) is 13.8. The molecule has 3 rings (SSSR count). The standard InChI is InChI=1S/C16H20N4O/c17-16(21)13-10-15(19-9-7-11-4-3-8-18-11)20-14-6-2-1-5-12(13)14/h1-2,5-6,10-11,18H,3-4,7-9H2,(H2,17,21)(H,19,20)/t11-/m0/s1. The van der Waals surface area contributed by atoms with E-state index in [1.807, 2.05) is 24.3 Å². The number of rotatable bonds is 5. The van der Waals surface area contributed by atoms with E-state index in [4.69, 9.17) is 5.73 Å². The summed E-state index contributed by atoms with van der Waals surface area (Å²) in [4.78, 5) is 16.1. The zero-order chi connectivity index (χ0) is 14.7. The number of fused-ring (bicyclic) bond motifs is 1. The monoisotopic (exact) mass is 284 g/mol. The highest BCUT2D eigenvalue weighted by atomic mass is 16.1. The van der Waals surface area contributed by atoms with E-state index in [9.17, 15) is 4.79 Å². The van der Waals surface area contributed by atoms with Crippen LogP contribution in [-0.2, 0) is 0 Å². The minimum absolute atomic E-state index is 0.422. The second-order valence-electron chi connectivity index (χ2n) is 5.45. The summed E-state index contributed by atoms with van der Waals surface area (Å²) in [6.07, 6.45) is 3.55. The van der Waals surface area contributed by atoms with Crippen LogP contribution in [0.15, 0.2) is 30.3 Å². The first-order chi connectivity index (χ1) is 10.2. The van der Waals surface area contributed by atoms with Gasteiger partial charge in [-0.15, -0.1) is 0 Å². The van der Waals surface area contributed by atoms with Crippen LogP contribution in [0.2, 0.25) is 0 Å². The van der Waals surface area contributed by atoms with Crippen LogP contribution >= 0.6 is 0 Å². The van der Waals surface area contributed by atoms with Crippen molar-refractivity contribution in [1.82, 2.24) is 10.3 Å². The van der Waals surface area contributed by atoms with E-state index in [0.29, 0.717) is 17.4 Å². The second-order valence-corrected chi connectivity index (χ2v) is 5.45. The molecule has 4 N–H and O–H groups in total. The Hall–Kier alpha value is -2.14. The number of carbonyl (C=O) groups excluding carboxylic acids is 1. The molecule has 0 bridgehead atoms. The summed E-state index contributed by atoms with van der Waals surface area (Å²) in [7, 11) is 0. The number of nitrogens with zero attached hydrogens (tertiary/aromatic N) is 1. The summed E-state index contributed by atoms with van der Waals surface area (Å²) in [6, 6.07) is 9.89. The van der Waals surface area contributed by atoms with Gasteiger partial charge in [0, 0.05) is 18.0 Å². The lowest BCUT2D eigenvalue weighted by Crippen LogP contribution is -2.24. The molecule has 1 aliphatic heterocycles. The fourth-order valence-corrected chi connectivity index (χ4v) is 2.85. The first-order valence-corrected chi connectivity index (χ1v) is 7.41. The predicted octanol–water partition coefficient (Wildman–Crippen LogP) is 1.89. The van der Waals surface area contributed by atoms with Crippen LogP contribution in [0, 0.1) is 0 Å². The third-order valence-corrected chi connectivity index (χ3v) is 3.94. The van der Waals surface area contributed by atoms with E-state index in [-0.39, 0.29) is 0 Å². The molecule has 0 radical (unpaired) electrons. The van der Waals surface area contributed by atoms with Crippen LogP contribution in [0.25, 0.3) is 10.9 Å². The van der Waals surface area contributed by atoms with Crippen molar-refractivity contribution < 1.29 is 4.79 Å². The Balaban J connectivity index is 1.76. The van der Waals surface area contributed by atoms with Gasteiger partial charge in [-0.1, -0.05) is 18.2 Å². The Bertz CT molecular complexity index is 650. The molecule has 1 aromatic carbocycles. The number of benzene rings is 1. The fraction of sp³-hybridized carbons (Fsp3) is 0.375. The number of pyridine rings is 1. The molecule has 1 atom stereocenters. The van der Waals surface area contributed by atoms with Crippen molar-refractivity contribution in [3.8, 4) is 0 Å². The van der Waals surface area contributed by atoms with E-state index < -0.39 is 5.91 Å². The van der Waals surface area contributed by atoms with Gasteiger partial charge in [-0.25, -0.2) is 4.98 Å². The van der Waals surface area contributed by atoms with Crippen LogP contribution in [0.5, 0.6) is 0 Å². The lowest BCUT2D eigenvalue weighted by Gasteiger charge is -2.12. The summed E-state index contributed by atoms with van der Waals surface area (Å²) in [5.74, 6) is 0.287. The minimum Gasteiger partial charge on any atom is -0.370 e. The summed E-state index contributed by atoms with van der Waals surface area (Å²) in [5, 5.41) is 7.57. The van der Waals surface area contributed by atoms with Crippen LogP contribution < -0.4 is 16.4 Å². The van der Waals surface area contributed by atoms with Crippen molar-refractivity contribution in [1.29, 1.82) is 0 Å². The van der Waals surface area contributed by atoms with Gasteiger partial charge in [0.05, 0.1) is 11.1 Å². The average Bonchev–Trinajstić information content (AvgIpc) is 2.99. The average molecular weight is 284 g/mol. The number of nitrogens with two attached hydrogens (primary N) is 1. The maximum absolute atomic E-state index is 11.6. The molecule has 1 fully saturated rings. The SMILES string of the molecule is NC(=O)c1cc(NCC[C@@H]2CCCN2)nc2ccccc12. The van der Waals surface area contributed by atoms with E-state index in [1.54, 1.807) is 6.07 Å². The van der Waals surface area contributed by atoms with Crippen molar-refractivity contribution in [2.45, 2.75) is 25.3 Å². The Morgan fingerprint density at radius 1 is 1.43 bits per heavy atom. The summed E-state index contributed by atoms with van der Waals surface area (Å²) < 4.78 is 0. The highest BCUT2D eigenvalue weighted by Crippen LogP contribution is 2.20. The molecule has 110 valence electrons. The number of carbonyl (C=O) groups is 1. The molecule has 0 aliphatic carbocycles. The van der Waals surface area contributed by atoms with Gasteiger partial charge in [-0.2, -0.15) is 0 Å². The Kier molecular flexibility index (Phi) is 4.01. The van der Waals surface area contributed by atoms with Gasteiger partial charge in [0.25, 0.3) is 0 Å². The third kappa shape index (κ3) is 3.13. The maximum atomic E-state index is 11.6. The van der Waals surface area contributed by atoms with Crippen LogP contribution in [0.1, 0.15) is 29.6 Å². The number of aromatic nitrogens is 1. The first-order valence-electron chi connectivity index (χ1n) is 7.41. The lowest BCUT2D eigenvalue weighted by atomic mass is 10.1. The highest BCUT2D eigenvalue weighted by molar-refractivity contribution is 6.06. The number of primary amides is 1. The fourth-order valence-electron chi connectivity index (χ4n) is 2.85. The van der Waals surface area contributed by atoms with Crippen molar-refractivity contribution in [2.75, 3.05) is 18.4 Å². The zero-order valence-electron chi connectivity index (χ0n) is 11.9. The van der Waals surface area contributed by atoms with E-state index >= 15 is 0 Å². The van der Waals surface area contributed by atoms with Gasteiger partial charge in [0.2, 0.25) is 5.91 Å². The quantitative estimate of drug-likeness (QED) is 0.783. The van der Waals surface area contributed by atoms with Gasteiger partial charge in [-0.05, 0) is 37.9 Å². The number of anilines is 1. The molecule has 1 amide bonds. The molecule has 2 aromatic rings. The molecule has 1 saturated heterocycles. The Morgan fingerprint density at radius 3 is 3.05 bits per heavy atom. The molecule has 1 aliphatic rings. The Morgan fingerprint density at radius 2 is 2.29 bits per heavy atom. The van der Waals surface area contributed by atoms with Crippen molar-refractivity contribution >= 4 is 22.6 Å². The van der Waals surface area contributed by atoms with E-state index in [0.717, 1.165) is 30.4 Å². The second kappa shape index (κ2) is 6.10. The largest absolute Gasteiger partial charge is 0.370 e. The molecular weight excluding hydrogens is 264 g/mol. The molecule has 0 saturated carbocycles. The topological polar surface area (TPSA) is 80.0 Å². The van der Waals surface area contributed by atoms with Crippen molar-refractivity contribution in [3.05, 3.63) is 35.9 Å². The van der Waals surface area contributed by atoms with Crippen molar-refractivity contribution in [3.63, 3.8) is 0 Å². The van der Waals surface area contributed by atoms with E-state index in [1.165, 1.54) is 12.8 Å². The third-order valence-electron chi connectivity index (χ3n) is 3.94. The summed E-state index contributed by atoms with van der Waals surface area (Å²) >= 11 is 0. The molecule has 0 spiro atoms.